The molecular formula is C19H21ClN6. The Morgan fingerprint density at radius 2 is 1.85 bits per heavy atom. The van der Waals surface area contributed by atoms with Crippen LogP contribution < -0.4 is 10.6 Å². The van der Waals surface area contributed by atoms with Crippen LogP contribution in [0.4, 0.5) is 5.69 Å². The molecule has 2 aromatic heterocycles. The van der Waals surface area contributed by atoms with Gasteiger partial charge in [-0.1, -0.05) is 11.6 Å². The third-order valence-corrected chi connectivity index (χ3v) is 4.92. The Balaban J connectivity index is 1.35. The average molecular weight is 369 g/mol. The molecule has 0 amide bonds. The minimum absolute atomic E-state index is 0.484. The fourth-order valence-electron chi connectivity index (χ4n) is 3.17. The Morgan fingerprint density at radius 3 is 2.62 bits per heavy atom. The number of aromatic amines is 1. The smallest absolute Gasteiger partial charge is 0.191 e. The van der Waals surface area contributed by atoms with E-state index in [1.807, 2.05) is 36.5 Å². The topological polar surface area (TPSA) is 73.5 Å². The number of H-pyrrole nitrogens is 1. The van der Waals surface area contributed by atoms with E-state index in [1.54, 1.807) is 0 Å². The van der Waals surface area contributed by atoms with Gasteiger partial charge in [0.1, 0.15) is 5.65 Å². The van der Waals surface area contributed by atoms with E-state index in [9.17, 15) is 0 Å². The van der Waals surface area contributed by atoms with E-state index in [1.165, 1.54) is 5.69 Å². The third-order valence-electron chi connectivity index (χ3n) is 4.67. The van der Waals surface area contributed by atoms with Crippen molar-refractivity contribution < 1.29 is 0 Å². The van der Waals surface area contributed by atoms with Crippen LogP contribution in [0.2, 0.25) is 5.02 Å². The minimum atomic E-state index is 0.484. The SMILES string of the molecule is NC(=NCc1ccc2cc[nH]c2n1)N1CCN(c2ccc(Cl)cc2)CC1. The van der Waals surface area contributed by atoms with Crippen molar-refractivity contribution >= 4 is 34.3 Å². The zero-order valence-corrected chi connectivity index (χ0v) is 15.2. The first kappa shape index (κ1) is 16.7. The lowest BCUT2D eigenvalue weighted by Crippen LogP contribution is -2.51. The molecule has 1 fully saturated rings. The van der Waals surface area contributed by atoms with Gasteiger partial charge in [0.05, 0.1) is 12.2 Å². The first-order valence-corrected chi connectivity index (χ1v) is 9.05. The second-order valence-corrected chi connectivity index (χ2v) is 6.78. The molecule has 4 rings (SSSR count). The molecule has 7 heteroatoms. The van der Waals surface area contributed by atoms with Crippen LogP contribution >= 0.6 is 11.6 Å². The summed E-state index contributed by atoms with van der Waals surface area (Å²) in [5.74, 6) is 0.578. The van der Waals surface area contributed by atoms with Crippen molar-refractivity contribution in [2.45, 2.75) is 6.54 Å². The highest BCUT2D eigenvalue weighted by Gasteiger charge is 2.18. The normalized spacial score (nSPS) is 15.7. The Hall–Kier alpha value is -2.73. The number of aromatic nitrogens is 2. The number of anilines is 1. The molecule has 0 unspecified atom stereocenters. The summed E-state index contributed by atoms with van der Waals surface area (Å²) in [6, 6.07) is 14.0. The molecule has 26 heavy (non-hydrogen) atoms. The van der Waals surface area contributed by atoms with Gasteiger partial charge in [0.15, 0.2) is 5.96 Å². The maximum atomic E-state index is 6.20. The largest absolute Gasteiger partial charge is 0.370 e. The van der Waals surface area contributed by atoms with Crippen LogP contribution in [0.25, 0.3) is 11.0 Å². The van der Waals surface area contributed by atoms with Gasteiger partial charge < -0.3 is 20.5 Å². The third kappa shape index (κ3) is 3.60. The second kappa shape index (κ2) is 7.25. The average Bonchev–Trinajstić information content (AvgIpc) is 3.15. The molecule has 1 aromatic carbocycles. The number of guanidine groups is 1. The number of halogens is 1. The van der Waals surface area contributed by atoms with E-state index in [4.69, 9.17) is 17.3 Å². The number of hydrogen-bond acceptors (Lipinski definition) is 3. The fourth-order valence-corrected chi connectivity index (χ4v) is 3.29. The quantitative estimate of drug-likeness (QED) is 0.550. The van der Waals surface area contributed by atoms with E-state index >= 15 is 0 Å². The Kier molecular flexibility index (Phi) is 4.67. The number of piperazine rings is 1. The van der Waals surface area contributed by atoms with Crippen LogP contribution in [0.1, 0.15) is 5.69 Å². The molecule has 0 radical (unpaired) electrons. The van der Waals surface area contributed by atoms with E-state index in [-0.39, 0.29) is 0 Å². The van der Waals surface area contributed by atoms with E-state index in [0.717, 1.165) is 47.9 Å². The van der Waals surface area contributed by atoms with Gasteiger partial charge in [0, 0.05) is 48.5 Å². The molecule has 0 spiro atoms. The highest BCUT2D eigenvalue weighted by molar-refractivity contribution is 6.30. The first-order valence-electron chi connectivity index (χ1n) is 8.67. The monoisotopic (exact) mass is 368 g/mol. The molecule has 6 nitrogen and oxygen atoms in total. The molecule has 0 saturated carbocycles. The summed E-state index contributed by atoms with van der Waals surface area (Å²) in [6.07, 6.45) is 1.89. The molecule has 3 N–H and O–H groups in total. The number of aliphatic imine (C=N–C) groups is 1. The van der Waals surface area contributed by atoms with E-state index in [2.05, 4.69) is 36.9 Å². The lowest BCUT2D eigenvalue weighted by atomic mass is 10.2. The van der Waals surface area contributed by atoms with E-state index < -0.39 is 0 Å². The molecule has 1 saturated heterocycles. The zero-order valence-electron chi connectivity index (χ0n) is 14.4. The molecule has 3 heterocycles. The molecule has 1 aliphatic rings. The number of nitrogens with one attached hydrogen (secondary N) is 1. The number of fused-ring (bicyclic) bond motifs is 1. The van der Waals surface area contributed by atoms with Gasteiger partial charge in [-0.15, -0.1) is 0 Å². The summed E-state index contributed by atoms with van der Waals surface area (Å²) in [7, 11) is 0. The van der Waals surface area contributed by atoms with Crippen molar-refractivity contribution in [3.8, 4) is 0 Å². The zero-order chi connectivity index (χ0) is 17.9. The van der Waals surface area contributed by atoms with Crippen molar-refractivity contribution in [1.29, 1.82) is 0 Å². The number of hydrogen-bond donors (Lipinski definition) is 2. The lowest BCUT2D eigenvalue weighted by Gasteiger charge is -2.36. The summed E-state index contributed by atoms with van der Waals surface area (Å²) in [5.41, 5.74) is 9.17. The minimum Gasteiger partial charge on any atom is -0.370 e. The number of nitrogens with two attached hydrogens (primary N) is 1. The summed E-state index contributed by atoms with van der Waals surface area (Å²) < 4.78 is 0. The van der Waals surface area contributed by atoms with Gasteiger partial charge in [0.25, 0.3) is 0 Å². The van der Waals surface area contributed by atoms with Crippen molar-refractivity contribution in [3.05, 3.63) is 59.4 Å². The first-order chi connectivity index (χ1) is 12.7. The standard InChI is InChI=1S/C19H21ClN6/c20-15-2-5-17(6-3-15)25-9-11-26(12-10-25)19(21)23-13-16-4-1-14-7-8-22-18(14)24-16/h1-8H,9-13H2,(H2,21,23)(H,22,24). The van der Waals surface area contributed by atoms with Crippen molar-refractivity contribution in [2.75, 3.05) is 31.1 Å². The molecule has 3 aromatic rings. The lowest BCUT2D eigenvalue weighted by molar-refractivity contribution is 0.380. The number of nitrogens with zero attached hydrogens (tertiary/aromatic N) is 4. The molecule has 134 valence electrons. The van der Waals surface area contributed by atoms with Gasteiger partial charge in [-0.05, 0) is 42.5 Å². The van der Waals surface area contributed by atoms with Crippen LogP contribution in [-0.4, -0.2) is 47.0 Å². The van der Waals surface area contributed by atoms with Crippen LogP contribution in [0.3, 0.4) is 0 Å². The fraction of sp³-hybridized carbons (Fsp3) is 0.263. The van der Waals surface area contributed by atoms with Crippen LogP contribution in [0.5, 0.6) is 0 Å². The molecule has 0 aliphatic carbocycles. The maximum absolute atomic E-state index is 6.20. The molecule has 0 bridgehead atoms. The van der Waals surface area contributed by atoms with Crippen LogP contribution in [0.15, 0.2) is 53.7 Å². The van der Waals surface area contributed by atoms with Gasteiger partial charge in [-0.3, -0.25) is 0 Å². The second-order valence-electron chi connectivity index (χ2n) is 6.34. The van der Waals surface area contributed by atoms with Crippen molar-refractivity contribution in [1.82, 2.24) is 14.9 Å². The Bertz CT molecular complexity index is 909. The predicted octanol–water partition coefficient (Wildman–Crippen LogP) is 2.85. The summed E-state index contributed by atoms with van der Waals surface area (Å²) in [6.45, 7) is 4.00. The number of rotatable bonds is 3. The summed E-state index contributed by atoms with van der Waals surface area (Å²) >= 11 is 5.96. The predicted molar refractivity (Wildman–Crippen MR) is 107 cm³/mol. The van der Waals surface area contributed by atoms with Crippen LogP contribution in [-0.2, 0) is 6.54 Å². The molecule has 1 aliphatic heterocycles. The van der Waals surface area contributed by atoms with Crippen molar-refractivity contribution in [3.63, 3.8) is 0 Å². The van der Waals surface area contributed by atoms with Gasteiger partial charge in [0.2, 0.25) is 0 Å². The summed E-state index contributed by atoms with van der Waals surface area (Å²) in [4.78, 5) is 16.7. The Morgan fingerprint density at radius 1 is 1.08 bits per heavy atom. The highest BCUT2D eigenvalue weighted by atomic mass is 35.5. The highest BCUT2D eigenvalue weighted by Crippen LogP contribution is 2.19. The van der Waals surface area contributed by atoms with Gasteiger partial charge >= 0.3 is 0 Å². The Labute approximate surface area is 157 Å². The molecular weight excluding hydrogens is 348 g/mol. The summed E-state index contributed by atoms with van der Waals surface area (Å²) in [5, 5.41) is 1.86. The van der Waals surface area contributed by atoms with Crippen LogP contribution in [0, 0.1) is 0 Å². The number of benzene rings is 1. The molecule has 0 atom stereocenters. The van der Waals surface area contributed by atoms with Gasteiger partial charge in [-0.25, -0.2) is 9.98 Å². The maximum Gasteiger partial charge on any atom is 0.191 e. The van der Waals surface area contributed by atoms with E-state index in [0.29, 0.717) is 12.5 Å². The van der Waals surface area contributed by atoms with Gasteiger partial charge in [-0.2, -0.15) is 0 Å². The van der Waals surface area contributed by atoms with Crippen molar-refractivity contribution in [2.24, 2.45) is 10.7 Å². The number of pyridine rings is 1.